The maximum Gasteiger partial charge on any atom is 0.321 e. The van der Waals surface area contributed by atoms with Crippen molar-refractivity contribution in [3.8, 4) is 0 Å². The average Bonchev–Trinajstić information content (AvgIpc) is 3.28. The van der Waals surface area contributed by atoms with E-state index in [2.05, 4.69) is 21.3 Å². The second-order valence-electron chi connectivity index (χ2n) is 7.14. The van der Waals surface area contributed by atoms with Crippen LogP contribution in [0.3, 0.4) is 0 Å². The van der Waals surface area contributed by atoms with Crippen LogP contribution in [0.2, 0.25) is 0 Å². The Bertz CT molecular complexity index is 664. The highest BCUT2D eigenvalue weighted by Crippen LogP contribution is 2.20. The van der Waals surface area contributed by atoms with Crippen molar-refractivity contribution < 1.29 is 14.4 Å². The second-order valence-corrected chi connectivity index (χ2v) is 7.14. The zero-order valence-corrected chi connectivity index (χ0v) is 15.0. The predicted molar refractivity (Wildman–Crippen MR) is 98.9 cm³/mol. The molecular weight excluding hydrogens is 332 g/mol. The van der Waals surface area contributed by atoms with Crippen molar-refractivity contribution in [3.05, 3.63) is 29.8 Å². The molecule has 4 amide bonds. The predicted octanol–water partition coefficient (Wildman–Crippen LogP) is 2.15. The molecule has 0 bridgehead atoms. The zero-order valence-electron chi connectivity index (χ0n) is 15.0. The Balaban J connectivity index is 1.45. The lowest BCUT2D eigenvalue weighted by molar-refractivity contribution is -0.120. The van der Waals surface area contributed by atoms with Crippen molar-refractivity contribution in [2.75, 3.05) is 5.32 Å². The molecular formula is C19H26N4O3. The minimum atomic E-state index is -0.574. The van der Waals surface area contributed by atoms with Gasteiger partial charge in [0.2, 0.25) is 5.91 Å². The Hall–Kier alpha value is -2.57. The highest BCUT2D eigenvalue weighted by molar-refractivity contribution is 5.98. The highest BCUT2D eigenvalue weighted by atomic mass is 16.2. The molecule has 2 aliphatic rings. The van der Waals surface area contributed by atoms with E-state index in [0.717, 1.165) is 38.5 Å². The van der Waals surface area contributed by atoms with Crippen molar-refractivity contribution in [1.29, 1.82) is 0 Å². The second kappa shape index (κ2) is 8.21. The smallest absolute Gasteiger partial charge is 0.321 e. The van der Waals surface area contributed by atoms with E-state index in [0.29, 0.717) is 17.3 Å². The third kappa shape index (κ3) is 5.21. The third-order valence-electron chi connectivity index (χ3n) is 4.76. The van der Waals surface area contributed by atoms with Crippen molar-refractivity contribution in [2.45, 2.75) is 63.6 Å². The van der Waals surface area contributed by atoms with Crippen LogP contribution < -0.4 is 21.3 Å². The van der Waals surface area contributed by atoms with Gasteiger partial charge in [-0.3, -0.25) is 14.9 Å². The number of benzene rings is 1. The van der Waals surface area contributed by atoms with Gasteiger partial charge in [0.15, 0.2) is 0 Å². The van der Waals surface area contributed by atoms with Gasteiger partial charge in [-0.25, -0.2) is 4.79 Å². The SMILES string of the molecule is CC(Nc1ccc(C(=O)NC2CC2)cc1)C(=O)NC(=O)NC1CCCC1. The number of carbonyl (C=O) groups excluding carboxylic acids is 3. The summed E-state index contributed by atoms with van der Waals surface area (Å²) in [7, 11) is 0. The van der Waals surface area contributed by atoms with Crippen molar-refractivity contribution >= 4 is 23.5 Å². The molecule has 1 unspecified atom stereocenters. The Morgan fingerprint density at radius 2 is 1.54 bits per heavy atom. The number of imide groups is 1. The number of hydrogen-bond acceptors (Lipinski definition) is 4. The van der Waals surface area contributed by atoms with E-state index in [1.165, 1.54) is 0 Å². The van der Waals surface area contributed by atoms with Gasteiger partial charge in [-0.1, -0.05) is 12.8 Å². The molecule has 7 heteroatoms. The summed E-state index contributed by atoms with van der Waals surface area (Å²) >= 11 is 0. The van der Waals surface area contributed by atoms with E-state index in [1.807, 2.05) is 0 Å². The van der Waals surface area contributed by atoms with Gasteiger partial charge in [-0.05, 0) is 56.9 Å². The van der Waals surface area contributed by atoms with Crippen LogP contribution in [0.1, 0.15) is 55.8 Å². The number of carbonyl (C=O) groups is 3. The molecule has 0 radical (unpaired) electrons. The van der Waals surface area contributed by atoms with Crippen molar-refractivity contribution in [1.82, 2.24) is 16.0 Å². The Labute approximate surface area is 153 Å². The monoisotopic (exact) mass is 358 g/mol. The molecule has 0 spiro atoms. The average molecular weight is 358 g/mol. The summed E-state index contributed by atoms with van der Waals surface area (Å²) in [5.74, 6) is -0.468. The molecule has 0 aliphatic heterocycles. The highest BCUT2D eigenvalue weighted by Gasteiger charge is 2.24. The normalized spacial score (nSPS) is 18.0. The maximum absolute atomic E-state index is 12.1. The van der Waals surface area contributed by atoms with E-state index < -0.39 is 18.0 Å². The fraction of sp³-hybridized carbons (Fsp3) is 0.526. The first-order valence-corrected chi connectivity index (χ1v) is 9.30. The topological polar surface area (TPSA) is 99.3 Å². The number of nitrogens with one attached hydrogen (secondary N) is 4. The van der Waals surface area contributed by atoms with Crippen LogP contribution in [0.4, 0.5) is 10.5 Å². The fourth-order valence-corrected chi connectivity index (χ4v) is 3.04. The van der Waals surface area contributed by atoms with Crippen LogP contribution in [0.5, 0.6) is 0 Å². The summed E-state index contributed by atoms with van der Waals surface area (Å²) < 4.78 is 0. The van der Waals surface area contributed by atoms with E-state index in [9.17, 15) is 14.4 Å². The first kappa shape index (κ1) is 18.2. The number of hydrogen-bond donors (Lipinski definition) is 4. The summed E-state index contributed by atoms with van der Waals surface area (Å²) in [6.07, 6.45) is 6.27. The quantitative estimate of drug-likeness (QED) is 0.626. The molecule has 26 heavy (non-hydrogen) atoms. The van der Waals surface area contributed by atoms with E-state index in [4.69, 9.17) is 0 Å². The first-order valence-electron chi connectivity index (χ1n) is 9.30. The molecule has 1 aromatic rings. The van der Waals surface area contributed by atoms with Gasteiger partial charge in [0.05, 0.1) is 0 Å². The van der Waals surface area contributed by atoms with Crippen LogP contribution >= 0.6 is 0 Å². The fourth-order valence-electron chi connectivity index (χ4n) is 3.04. The molecule has 7 nitrogen and oxygen atoms in total. The standard InChI is InChI=1S/C19H26N4O3/c1-12(17(24)23-19(26)22-14-4-2-3-5-14)20-15-8-6-13(7-9-15)18(25)21-16-10-11-16/h6-9,12,14,16,20H,2-5,10-11H2,1H3,(H,21,25)(H2,22,23,24,26). The molecule has 3 rings (SSSR count). The van der Waals surface area contributed by atoms with Gasteiger partial charge in [-0.2, -0.15) is 0 Å². The Morgan fingerprint density at radius 1 is 0.923 bits per heavy atom. The van der Waals surface area contributed by atoms with E-state index in [-0.39, 0.29) is 11.9 Å². The summed E-state index contributed by atoms with van der Waals surface area (Å²) in [6, 6.07) is 6.42. The van der Waals surface area contributed by atoms with Gasteiger partial charge in [0.25, 0.3) is 5.91 Å². The minimum Gasteiger partial charge on any atom is -0.374 e. The van der Waals surface area contributed by atoms with Crippen LogP contribution in [0.15, 0.2) is 24.3 Å². The molecule has 1 aromatic carbocycles. The van der Waals surface area contributed by atoms with Crippen LogP contribution in [-0.4, -0.2) is 36.0 Å². The molecule has 2 fully saturated rings. The van der Waals surface area contributed by atoms with Gasteiger partial charge >= 0.3 is 6.03 Å². The van der Waals surface area contributed by atoms with E-state index in [1.54, 1.807) is 31.2 Å². The number of rotatable bonds is 6. The summed E-state index contributed by atoms with van der Waals surface area (Å²) in [5, 5.41) is 11.2. The Kier molecular flexibility index (Phi) is 5.75. The number of anilines is 1. The minimum absolute atomic E-state index is 0.0755. The lowest BCUT2D eigenvalue weighted by atomic mass is 10.2. The molecule has 2 aliphatic carbocycles. The van der Waals surface area contributed by atoms with E-state index >= 15 is 0 Å². The van der Waals surface area contributed by atoms with Gasteiger partial charge < -0.3 is 16.0 Å². The summed E-state index contributed by atoms with van der Waals surface area (Å²) in [4.78, 5) is 36.0. The van der Waals surface area contributed by atoms with Crippen LogP contribution in [0.25, 0.3) is 0 Å². The molecule has 2 saturated carbocycles. The molecule has 140 valence electrons. The molecule has 1 atom stereocenters. The zero-order chi connectivity index (χ0) is 18.5. The molecule has 0 aromatic heterocycles. The Morgan fingerprint density at radius 3 is 2.15 bits per heavy atom. The lowest BCUT2D eigenvalue weighted by Gasteiger charge is -2.17. The molecule has 0 saturated heterocycles. The number of amides is 4. The van der Waals surface area contributed by atoms with Gasteiger partial charge in [0.1, 0.15) is 6.04 Å². The first-order chi connectivity index (χ1) is 12.5. The molecule has 0 heterocycles. The van der Waals surface area contributed by atoms with Crippen LogP contribution in [-0.2, 0) is 4.79 Å². The third-order valence-corrected chi connectivity index (χ3v) is 4.76. The van der Waals surface area contributed by atoms with Gasteiger partial charge in [0, 0.05) is 23.3 Å². The maximum atomic E-state index is 12.1. The largest absolute Gasteiger partial charge is 0.374 e. The van der Waals surface area contributed by atoms with Crippen molar-refractivity contribution in [2.24, 2.45) is 0 Å². The van der Waals surface area contributed by atoms with Gasteiger partial charge in [-0.15, -0.1) is 0 Å². The summed E-state index contributed by atoms with van der Waals surface area (Å²) in [5.41, 5.74) is 1.31. The van der Waals surface area contributed by atoms with Crippen LogP contribution in [0, 0.1) is 0 Å². The lowest BCUT2D eigenvalue weighted by Crippen LogP contribution is -2.48. The van der Waals surface area contributed by atoms with Crippen molar-refractivity contribution in [3.63, 3.8) is 0 Å². The summed E-state index contributed by atoms with van der Waals surface area (Å²) in [6.45, 7) is 1.69. The number of urea groups is 1. The molecule has 4 N–H and O–H groups in total.